The number of benzene rings is 1. The first-order valence-electron chi connectivity index (χ1n) is 6.70. The summed E-state index contributed by atoms with van der Waals surface area (Å²) >= 11 is 0. The molecular weight excluding hydrogens is 287 g/mol. The van der Waals surface area contributed by atoms with E-state index in [9.17, 15) is 9.46 Å². The number of rotatable bonds is 7. The van der Waals surface area contributed by atoms with E-state index in [2.05, 4.69) is 10.3 Å². The summed E-state index contributed by atoms with van der Waals surface area (Å²) in [4.78, 5) is 14.2. The Bertz CT molecular complexity index is 592. The second-order valence-corrected chi connectivity index (χ2v) is 6.59. The number of hydrogen-bond donors (Lipinski definition) is 2. The molecule has 0 spiro atoms. The molecule has 2 atom stereocenters. The zero-order valence-electron chi connectivity index (χ0n) is 11.8. The van der Waals surface area contributed by atoms with E-state index >= 15 is 0 Å². The van der Waals surface area contributed by atoms with Crippen LogP contribution in [0.4, 0.5) is 0 Å². The number of nitrogens with zero attached hydrogens (tertiary/aromatic N) is 1. The Morgan fingerprint density at radius 1 is 1.24 bits per heavy atom. The summed E-state index contributed by atoms with van der Waals surface area (Å²) in [6.45, 7) is 0.532. The summed E-state index contributed by atoms with van der Waals surface area (Å²) < 4.78 is 17.0. The van der Waals surface area contributed by atoms with Crippen molar-refractivity contribution >= 4 is 7.60 Å². The number of nitrogens with one attached hydrogen (secondary N) is 1. The van der Waals surface area contributed by atoms with Crippen LogP contribution >= 0.6 is 7.60 Å². The standard InChI is InChI=1S/C15H19N2O3P/c1-20-21(18,19)15(13-7-3-2-4-8-13)17-12-10-14-9-5-6-11-16-14/h2-9,11,15,17H,10,12H2,1H3,(H,18,19). The van der Waals surface area contributed by atoms with Crippen molar-refractivity contribution in [3.05, 3.63) is 66.0 Å². The van der Waals surface area contributed by atoms with Gasteiger partial charge in [0, 0.05) is 32.0 Å². The van der Waals surface area contributed by atoms with Crippen LogP contribution in [0.5, 0.6) is 0 Å². The molecule has 112 valence electrons. The Balaban J connectivity index is 2.05. The van der Waals surface area contributed by atoms with E-state index in [1.165, 1.54) is 7.11 Å². The van der Waals surface area contributed by atoms with Gasteiger partial charge in [-0.1, -0.05) is 36.4 Å². The van der Waals surface area contributed by atoms with Crippen molar-refractivity contribution in [1.82, 2.24) is 10.3 Å². The van der Waals surface area contributed by atoms with Crippen LogP contribution in [0, 0.1) is 0 Å². The minimum Gasteiger partial charge on any atom is -0.323 e. The van der Waals surface area contributed by atoms with E-state index in [0.29, 0.717) is 13.0 Å². The van der Waals surface area contributed by atoms with Crippen molar-refractivity contribution in [1.29, 1.82) is 0 Å². The molecule has 6 heteroatoms. The molecule has 0 amide bonds. The molecule has 0 aliphatic heterocycles. The molecule has 1 aromatic heterocycles. The lowest BCUT2D eigenvalue weighted by atomic mass is 10.2. The SMILES string of the molecule is COP(=O)(O)C(NCCc1ccccn1)c1ccccc1. The monoisotopic (exact) mass is 306 g/mol. The van der Waals surface area contributed by atoms with Gasteiger partial charge in [-0.25, -0.2) is 0 Å². The van der Waals surface area contributed by atoms with Crippen molar-refractivity contribution < 1.29 is 14.0 Å². The van der Waals surface area contributed by atoms with Gasteiger partial charge in [0.15, 0.2) is 0 Å². The van der Waals surface area contributed by atoms with Crippen LogP contribution in [0.25, 0.3) is 0 Å². The van der Waals surface area contributed by atoms with Crippen molar-refractivity contribution in [2.24, 2.45) is 0 Å². The van der Waals surface area contributed by atoms with Gasteiger partial charge in [0.1, 0.15) is 5.78 Å². The van der Waals surface area contributed by atoms with Crippen LogP contribution < -0.4 is 5.32 Å². The maximum atomic E-state index is 12.2. The fourth-order valence-corrected chi connectivity index (χ4v) is 3.16. The average molecular weight is 306 g/mol. The van der Waals surface area contributed by atoms with Gasteiger partial charge < -0.3 is 9.42 Å². The third-order valence-corrected chi connectivity index (χ3v) is 4.80. The zero-order valence-corrected chi connectivity index (χ0v) is 12.7. The van der Waals surface area contributed by atoms with Crippen molar-refractivity contribution in [3.8, 4) is 0 Å². The van der Waals surface area contributed by atoms with Gasteiger partial charge in [0.2, 0.25) is 0 Å². The molecule has 2 unspecified atom stereocenters. The fourth-order valence-electron chi connectivity index (χ4n) is 2.05. The first-order valence-corrected chi connectivity index (χ1v) is 8.34. The van der Waals surface area contributed by atoms with Gasteiger partial charge in [-0.05, 0) is 17.7 Å². The second-order valence-electron chi connectivity index (χ2n) is 4.59. The second kappa shape index (κ2) is 7.48. The Morgan fingerprint density at radius 3 is 2.57 bits per heavy atom. The van der Waals surface area contributed by atoms with E-state index in [1.54, 1.807) is 18.3 Å². The zero-order chi connectivity index (χ0) is 15.1. The van der Waals surface area contributed by atoms with Crippen LogP contribution in [0.3, 0.4) is 0 Å². The van der Waals surface area contributed by atoms with E-state index < -0.39 is 13.4 Å². The lowest BCUT2D eigenvalue weighted by Gasteiger charge is -2.22. The highest BCUT2D eigenvalue weighted by Gasteiger charge is 2.32. The Morgan fingerprint density at radius 2 is 1.95 bits per heavy atom. The van der Waals surface area contributed by atoms with Crippen molar-refractivity contribution in [2.45, 2.75) is 12.2 Å². The van der Waals surface area contributed by atoms with Gasteiger partial charge >= 0.3 is 7.60 Å². The summed E-state index contributed by atoms with van der Waals surface area (Å²) in [5.41, 5.74) is 1.66. The molecule has 2 N–H and O–H groups in total. The van der Waals surface area contributed by atoms with Gasteiger partial charge in [0.05, 0.1) is 0 Å². The first kappa shape index (κ1) is 15.9. The molecule has 2 aromatic rings. The van der Waals surface area contributed by atoms with Gasteiger partial charge in [0.25, 0.3) is 0 Å². The summed E-state index contributed by atoms with van der Waals surface area (Å²) in [6.07, 6.45) is 2.41. The predicted octanol–water partition coefficient (Wildman–Crippen LogP) is 2.74. The van der Waals surface area contributed by atoms with Crippen LogP contribution in [-0.4, -0.2) is 23.5 Å². The topological polar surface area (TPSA) is 71.5 Å². The van der Waals surface area contributed by atoms with Crippen LogP contribution in [0.1, 0.15) is 17.0 Å². The molecule has 2 rings (SSSR count). The van der Waals surface area contributed by atoms with Crippen molar-refractivity contribution in [2.75, 3.05) is 13.7 Å². The Hall–Kier alpha value is -1.52. The van der Waals surface area contributed by atoms with E-state index in [1.807, 2.05) is 36.4 Å². The van der Waals surface area contributed by atoms with Gasteiger partial charge in [-0.2, -0.15) is 0 Å². The quantitative estimate of drug-likeness (QED) is 0.770. The largest absolute Gasteiger partial charge is 0.349 e. The summed E-state index contributed by atoms with van der Waals surface area (Å²) in [7, 11) is -2.51. The van der Waals surface area contributed by atoms with Crippen LogP contribution in [0.15, 0.2) is 54.7 Å². The normalized spacial score (nSPS) is 15.3. The van der Waals surface area contributed by atoms with E-state index in [4.69, 9.17) is 4.52 Å². The molecule has 0 fully saturated rings. The minimum atomic E-state index is -3.76. The lowest BCUT2D eigenvalue weighted by Crippen LogP contribution is -2.24. The van der Waals surface area contributed by atoms with Crippen molar-refractivity contribution in [3.63, 3.8) is 0 Å². The number of pyridine rings is 1. The molecule has 0 saturated heterocycles. The maximum Gasteiger partial charge on any atom is 0.349 e. The molecule has 0 aliphatic carbocycles. The van der Waals surface area contributed by atoms with Crippen LogP contribution in [-0.2, 0) is 15.5 Å². The summed E-state index contributed by atoms with van der Waals surface area (Å²) in [6, 6.07) is 14.8. The van der Waals surface area contributed by atoms with Gasteiger partial charge in [-0.3, -0.25) is 14.9 Å². The third-order valence-electron chi connectivity index (χ3n) is 3.15. The molecular formula is C15H19N2O3P. The number of hydrogen-bond acceptors (Lipinski definition) is 4. The van der Waals surface area contributed by atoms with E-state index in [0.717, 1.165) is 11.3 Å². The fraction of sp³-hybridized carbons (Fsp3) is 0.267. The predicted molar refractivity (Wildman–Crippen MR) is 82.0 cm³/mol. The number of aromatic nitrogens is 1. The summed E-state index contributed by atoms with van der Waals surface area (Å²) in [5.74, 6) is -0.743. The Kier molecular flexibility index (Phi) is 5.65. The molecule has 0 aliphatic rings. The van der Waals surface area contributed by atoms with Crippen LogP contribution in [0.2, 0.25) is 0 Å². The Labute approximate surface area is 124 Å². The smallest absolute Gasteiger partial charge is 0.323 e. The highest BCUT2D eigenvalue weighted by molar-refractivity contribution is 7.53. The third kappa shape index (κ3) is 4.48. The molecule has 0 saturated carbocycles. The summed E-state index contributed by atoms with van der Waals surface area (Å²) in [5, 5.41) is 3.10. The molecule has 1 heterocycles. The first-order chi connectivity index (χ1) is 10.1. The molecule has 0 bridgehead atoms. The average Bonchev–Trinajstić information content (AvgIpc) is 2.53. The maximum absolute atomic E-state index is 12.2. The molecule has 0 radical (unpaired) electrons. The van der Waals surface area contributed by atoms with E-state index in [-0.39, 0.29) is 0 Å². The highest BCUT2D eigenvalue weighted by atomic mass is 31.2. The minimum absolute atomic E-state index is 0.532. The lowest BCUT2D eigenvalue weighted by molar-refractivity contribution is 0.297. The molecule has 1 aromatic carbocycles. The molecule has 21 heavy (non-hydrogen) atoms. The van der Waals surface area contributed by atoms with Gasteiger partial charge in [-0.15, -0.1) is 0 Å². The highest BCUT2D eigenvalue weighted by Crippen LogP contribution is 2.54. The molecule has 5 nitrogen and oxygen atoms in total.